The maximum absolute atomic E-state index is 13.9. The number of nitrogens with one attached hydrogen (secondary N) is 1. The summed E-state index contributed by atoms with van der Waals surface area (Å²) in [6.07, 6.45) is 1.37. The summed E-state index contributed by atoms with van der Waals surface area (Å²) >= 11 is 0. The summed E-state index contributed by atoms with van der Waals surface area (Å²) in [5.74, 6) is -0.150. The number of rotatable bonds is 11. The second-order valence-corrected chi connectivity index (χ2v) is 11.8. The fourth-order valence-electron chi connectivity index (χ4n) is 3.93. The third-order valence-electron chi connectivity index (χ3n) is 5.82. The number of hydrogen-bond acceptors (Lipinski definition) is 6. The molecule has 1 atom stereocenters. The lowest BCUT2D eigenvalue weighted by Gasteiger charge is -2.35. The Morgan fingerprint density at radius 3 is 2.22 bits per heavy atom. The van der Waals surface area contributed by atoms with E-state index in [2.05, 4.69) is 5.32 Å². The molecule has 0 heterocycles. The molecular formula is C27H39N3O6S. The first-order chi connectivity index (χ1) is 17.2. The summed E-state index contributed by atoms with van der Waals surface area (Å²) < 4.78 is 37.5. The van der Waals surface area contributed by atoms with Gasteiger partial charge in [0.15, 0.2) is 0 Å². The maximum Gasteiger partial charge on any atom is 0.244 e. The first kappa shape index (κ1) is 30.0. The highest BCUT2D eigenvalue weighted by atomic mass is 32.2. The minimum Gasteiger partial charge on any atom is -0.497 e. The van der Waals surface area contributed by atoms with Gasteiger partial charge in [0, 0.05) is 18.2 Å². The van der Waals surface area contributed by atoms with E-state index < -0.39 is 34.1 Å². The minimum atomic E-state index is -3.92. The van der Waals surface area contributed by atoms with Gasteiger partial charge < -0.3 is 19.7 Å². The number of hydrogen-bond donors (Lipinski definition) is 1. The van der Waals surface area contributed by atoms with Gasteiger partial charge in [0.2, 0.25) is 21.8 Å². The number of anilines is 1. The van der Waals surface area contributed by atoms with E-state index in [0.29, 0.717) is 12.2 Å². The zero-order valence-corrected chi connectivity index (χ0v) is 23.8. The van der Waals surface area contributed by atoms with E-state index in [1.165, 1.54) is 25.2 Å². The van der Waals surface area contributed by atoms with Gasteiger partial charge in [-0.1, -0.05) is 31.2 Å². The van der Waals surface area contributed by atoms with Gasteiger partial charge in [0.05, 0.1) is 26.2 Å². The zero-order chi connectivity index (χ0) is 28.0. The number of carbonyl (C=O) groups is 2. The first-order valence-corrected chi connectivity index (χ1v) is 13.9. The average Bonchev–Trinajstić information content (AvgIpc) is 2.81. The Labute approximate surface area is 220 Å². The van der Waals surface area contributed by atoms with Gasteiger partial charge in [-0.05, 0) is 57.4 Å². The van der Waals surface area contributed by atoms with Crippen LogP contribution in [-0.4, -0.2) is 63.7 Å². The third-order valence-corrected chi connectivity index (χ3v) is 6.95. The van der Waals surface area contributed by atoms with Gasteiger partial charge in [-0.3, -0.25) is 13.9 Å². The first-order valence-electron chi connectivity index (χ1n) is 12.1. The largest absolute Gasteiger partial charge is 0.497 e. The smallest absolute Gasteiger partial charge is 0.244 e. The highest BCUT2D eigenvalue weighted by Gasteiger charge is 2.34. The Kier molecular flexibility index (Phi) is 9.97. The van der Waals surface area contributed by atoms with Gasteiger partial charge in [0.1, 0.15) is 24.1 Å². The summed E-state index contributed by atoms with van der Waals surface area (Å²) in [5, 5.41) is 2.95. The Morgan fingerprint density at radius 2 is 1.70 bits per heavy atom. The van der Waals surface area contributed by atoms with E-state index in [1.807, 2.05) is 58.9 Å². The van der Waals surface area contributed by atoms with Crippen LogP contribution in [-0.2, 0) is 26.2 Å². The summed E-state index contributed by atoms with van der Waals surface area (Å²) in [6.45, 7) is 8.98. The highest BCUT2D eigenvalue weighted by molar-refractivity contribution is 7.92. The molecule has 2 rings (SSSR count). The minimum absolute atomic E-state index is 0.147. The van der Waals surface area contributed by atoms with Crippen molar-refractivity contribution in [1.82, 2.24) is 10.2 Å². The molecule has 0 saturated heterocycles. The molecule has 204 valence electrons. The van der Waals surface area contributed by atoms with Crippen LogP contribution in [0.3, 0.4) is 0 Å². The van der Waals surface area contributed by atoms with Crippen molar-refractivity contribution in [2.24, 2.45) is 0 Å². The Balaban J connectivity index is 2.56. The van der Waals surface area contributed by atoms with Gasteiger partial charge in [-0.2, -0.15) is 0 Å². The van der Waals surface area contributed by atoms with Crippen LogP contribution < -0.4 is 19.1 Å². The van der Waals surface area contributed by atoms with Crippen molar-refractivity contribution in [3.05, 3.63) is 53.6 Å². The summed E-state index contributed by atoms with van der Waals surface area (Å²) in [5.41, 5.74) is 1.48. The fourth-order valence-corrected chi connectivity index (χ4v) is 4.77. The monoisotopic (exact) mass is 533 g/mol. The molecule has 1 N–H and O–H groups in total. The number of sulfonamides is 1. The van der Waals surface area contributed by atoms with Gasteiger partial charge in [-0.15, -0.1) is 0 Å². The van der Waals surface area contributed by atoms with Crippen molar-refractivity contribution in [2.45, 2.75) is 59.2 Å². The molecule has 0 unspecified atom stereocenters. The predicted octanol–water partition coefficient (Wildman–Crippen LogP) is 3.50. The van der Waals surface area contributed by atoms with Crippen LogP contribution in [0.15, 0.2) is 42.5 Å². The molecule has 0 fully saturated rings. The lowest BCUT2D eigenvalue weighted by Crippen LogP contribution is -2.55. The average molecular weight is 534 g/mol. The van der Waals surface area contributed by atoms with Crippen LogP contribution >= 0.6 is 0 Å². The van der Waals surface area contributed by atoms with Gasteiger partial charge >= 0.3 is 0 Å². The Morgan fingerprint density at radius 1 is 1.05 bits per heavy atom. The second kappa shape index (κ2) is 12.3. The van der Waals surface area contributed by atoms with Gasteiger partial charge in [0.25, 0.3) is 0 Å². The van der Waals surface area contributed by atoms with E-state index in [-0.39, 0.29) is 23.9 Å². The SMILES string of the molecule is CC[C@H](C(=O)NC(C)(C)C)N(Cc1ccccc1C)C(=O)CN(c1cc(OC)ccc1OC)S(C)(=O)=O. The van der Waals surface area contributed by atoms with E-state index in [0.717, 1.165) is 21.7 Å². The van der Waals surface area contributed by atoms with Crippen molar-refractivity contribution in [3.8, 4) is 11.5 Å². The lowest BCUT2D eigenvalue weighted by atomic mass is 10.0. The van der Waals surface area contributed by atoms with Crippen LogP contribution in [0.5, 0.6) is 11.5 Å². The topological polar surface area (TPSA) is 105 Å². The second-order valence-electron chi connectivity index (χ2n) is 9.92. The van der Waals surface area contributed by atoms with Crippen LogP contribution in [0.2, 0.25) is 0 Å². The molecule has 9 nitrogen and oxygen atoms in total. The normalized spacial score (nSPS) is 12.4. The molecule has 0 radical (unpaired) electrons. The maximum atomic E-state index is 13.9. The molecule has 2 aromatic rings. The molecule has 0 aliphatic heterocycles. The van der Waals surface area contributed by atoms with E-state index in [1.54, 1.807) is 12.1 Å². The standard InChI is InChI=1S/C27H39N3O6S/c1-9-22(26(32)28-27(3,4)5)29(17-20-13-11-10-12-19(20)2)25(31)18-30(37(8,33)34)23-16-21(35-6)14-15-24(23)36-7/h10-16,22H,9,17-18H2,1-8H3,(H,28,32)/t22-/m1/s1. The van der Waals surface area contributed by atoms with Crippen LogP contribution in [0.1, 0.15) is 45.2 Å². The molecule has 0 spiro atoms. The van der Waals surface area contributed by atoms with Crippen molar-refractivity contribution >= 4 is 27.5 Å². The zero-order valence-electron chi connectivity index (χ0n) is 23.0. The summed E-state index contributed by atoms with van der Waals surface area (Å²) in [6, 6.07) is 11.5. The molecule has 37 heavy (non-hydrogen) atoms. The van der Waals surface area contributed by atoms with Gasteiger partial charge in [-0.25, -0.2) is 8.42 Å². The van der Waals surface area contributed by atoms with E-state index >= 15 is 0 Å². The van der Waals surface area contributed by atoms with Crippen molar-refractivity contribution in [2.75, 3.05) is 31.3 Å². The molecule has 2 amide bonds. The van der Waals surface area contributed by atoms with Crippen LogP contribution in [0.25, 0.3) is 0 Å². The van der Waals surface area contributed by atoms with E-state index in [9.17, 15) is 18.0 Å². The molecule has 2 aromatic carbocycles. The molecule has 0 bridgehead atoms. The molecular weight excluding hydrogens is 494 g/mol. The number of amides is 2. The van der Waals surface area contributed by atoms with Crippen molar-refractivity contribution < 1.29 is 27.5 Å². The number of ether oxygens (including phenoxy) is 2. The fraction of sp³-hybridized carbons (Fsp3) is 0.481. The lowest BCUT2D eigenvalue weighted by molar-refractivity contribution is -0.141. The number of carbonyl (C=O) groups excluding carboxylic acids is 2. The Bertz CT molecular complexity index is 1210. The molecule has 0 aromatic heterocycles. The van der Waals surface area contributed by atoms with E-state index in [4.69, 9.17) is 9.47 Å². The summed E-state index contributed by atoms with van der Waals surface area (Å²) in [4.78, 5) is 28.6. The third kappa shape index (κ3) is 8.11. The highest BCUT2D eigenvalue weighted by Crippen LogP contribution is 2.34. The van der Waals surface area contributed by atoms with Crippen molar-refractivity contribution in [1.29, 1.82) is 0 Å². The Hall–Kier alpha value is -3.27. The molecule has 10 heteroatoms. The number of methoxy groups -OCH3 is 2. The predicted molar refractivity (Wildman–Crippen MR) is 145 cm³/mol. The number of aryl methyl sites for hydroxylation is 1. The number of benzene rings is 2. The summed E-state index contributed by atoms with van der Waals surface area (Å²) in [7, 11) is -1.03. The van der Waals surface area contributed by atoms with Crippen LogP contribution in [0.4, 0.5) is 5.69 Å². The molecule has 0 aliphatic carbocycles. The number of nitrogens with zero attached hydrogens (tertiary/aromatic N) is 2. The molecule has 0 saturated carbocycles. The molecule has 0 aliphatic rings. The van der Waals surface area contributed by atoms with Crippen molar-refractivity contribution in [3.63, 3.8) is 0 Å². The quantitative estimate of drug-likeness (QED) is 0.474. The van der Waals surface area contributed by atoms with Crippen LogP contribution in [0, 0.1) is 6.92 Å².